The van der Waals surface area contributed by atoms with Crippen LogP contribution in [0.2, 0.25) is 0 Å². The summed E-state index contributed by atoms with van der Waals surface area (Å²) < 4.78 is 6.75. The van der Waals surface area contributed by atoms with Gasteiger partial charge in [-0.15, -0.1) is 0 Å². The lowest BCUT2D eigenvalue weighted by Crippen LogP contribution is -2.37. The number of carbonyl (C=O) groups is 1. The van der Waals surface area contributed by atoms with Crippen LogP contribution in [-0.2, 0) is 11.3 Å². The molecule has 4 rings (SSSR count). The van der Waals surface area contributed by atoms with Gasteiger partial charge in [-0.3, -0.25) is 9.59 Å². The van der Waals surface area contributed by atoms with Gasteiger partial charge in [0.25, 0.3) is 11.4 Å². The molecule has 0 aliphatic heterocycles. The van der Waals surface area contributed by atoms with Gasteiger partial charge in [-0.25, -0.2) is 0 Å². The van der Waals surface area contributed by atoms with E-state index in [2.05, 4.69) is 15.5 Å². The Morgan fingerprint density at radius 3 is 2.82 bits per heavy atom. The predicted molar refractivity (Wildman–Crippen MR) is 105 cm³/mol. The highest BCUT2D eigenvalue weighted by molar-refractivity contribution is 5.76. The summed E-state index contributed by atoms with van der Waals surface area (Å²) in [5.74, 6) is 0.633. The average molecular weight is 378 g/mol. The summed E-state index contributed by atoms with van der Waals surface area (Å²) in [6.45, 7) is 1.97. The van der Waals surface area contributed by atoms with Crippen LogP contribution in [-0.4, -0.2) is 26.7 Å². The van der Waals surface area contributed by atoms with Crippen molar-refractivity contribution in [2.75, 3.05) is 0 Å². The lowest BCUT2D eigenvalue weighted by Gasteiger charge is -2.13. The highest BCUT2D eigenvalue weighted by Crippen LogP contribution is 2.22. The van der Waals surface area contributed by atoms with Crippen LogP contribution in [0, 0.1) is 6.92 Å². The lowest BCUT2D eigenvalue weighted by atomic mass is 10.1. The number of hydrogen-bond donors (Lipinski definition) is 1. The third-order valence-electron chi connectivity index (χ3n) is 4.97. The number of hydrogen-bond acceptors (Lipinski definition) is 5. The van der Waals surface area contributed by atoms with Crippen LogP contribution >= 0.6 is 0 Å². The number of benzene rings is 1. The van der Waals surface area contributed by atoms with E-state index in [-0.39, 0.29) is 24.1 Å². The molecule has 7 heteroatoms. The summed E-state index contributed by atoms with van der Waals surface area (Å²) in [7, 11) is 0. The second-order valence-corrected chi connectivity index (χ2v) is 7.23. The third kappa shape index (κ3) is 4.03. The molecule has 3 aromatic rings. The lowest BCUT2D eigenvalue weighted by molar-refractivity contribution is -0.122. The molecule has 0 atom stereocenters. The van der Waals surface area contributed by atoms with Gasteiger partial charge in [0.05, 0.1) is 5.56 Å². The highest BCUT2D eigenvalue weighted by atomic mass is 16.5. The Morgan fingerprint density at radius 2 is 2.04 bits per heavy atom. The summed E-state index contributed by atoms with van der Waals surface area (Å²) in [4.78, 5) is 28.9. The van der Waals surface area contributed by atoms with Crippen LogP contribution < -0.4 is 10.9 Å². The Balaban J connectivity index is 1.53. The summed E-state index contributed by atoms with van der Waals surface area (Å²) in [6.07, 6.45) is 5.88. The van der Waals surface area contributed by atoms with Gasteiger partial charge in [-0.1, -0.05) is 41.8 Å². The summed E-state index contributed by atoms with van der Waals surface area (Å²) >= 11 is 0. The van der Waals surface area contributed by atoms with E-state index in [9.17, 15) is 9.59 Å². The molecule has 7 nitrogen and oxygen atoms in total. The number of nitrogens with one attached hydrogen (secondary N) is 1. The zero-order valence-corrected chi connectivity index (χ0v) is 15.7. The Kier molecular flexibility index (Phi) is 5.06. The maximum absolute atomic E-state index is 12.3. The van der Waals surface area contributed by atoms with Gasteiger partial charge >= 0.3 is 0 Å². The second kappa shape index (κ2) is 7.80. The van der Waals surface area contributed by atoms with Crippen LogP contribution in [0.1, 0.15) is 31.2 Å². The number of aromatic nitrogens is 3. The summed E-state index contributed by atoms with van der Waals surface area (Å²) in [5.41, 5.74) is 2.31. The molecule has 1 saturated carbocycles. The van der Waals surface area contributed by atoms with E-state index in [1.54, 1.807) is 12.3 Å². The fourth-order valence-electron chi connectivity index (χ4n) is 3.52. The number of amides is 1. The largest absolute Gasteiger partial charge is 0.352 e. The first-order chi connectivity index (χ1) is 13.6. The molecular weight excluding hydrogens is 356 g/mol. The molecule has 144 valence electrons. The topological polar surface area (TPSA) is 90.0 Å². The van der Waals surface area contributed by atoms with Crippen molar-refractivity contribution in [3.63, 3.8) is 0 Å². The van der Waals surface area contributed by atoms with Gasteiger partial charge in [-0.2, -0.15) is 4.98 Å². The first kappa shape index (κ1) is 18.2. The van der Waals surface area contributed by atoms with Crippen LogP contribution in [0.5, 0.6) is 0 Å². The average Bonchev–Trinajstić information content (AvgIpc) is 3.35. The van der Waals surface area contributed by atoms with Gasteiger partial charge in [-0.05, 0) is 31.9 Å². The molecule has 1 aliphatic rings. The quantitative estimate of drug-likeness (QED) is 0.737. The van der Waals surface area contributed by atoms with Crippen molar-refractivity contribution < 1.29 is 9.32 Å². The molecule has 28 heavy (non-hydrogen) atoms. The Hall–Kier alpha value is -3.22. The molecule has 1 amide bonds. The minimum Gasteiger partial charge on any atom is -0.352 e. The molecule has 2 heterocycles. The van der Waals surface area contributed by atoms with E-state index in [1.807, 2.05) is 31.2 Å². The molecule has 0 bridgehead atoms. The smallest absolute Gasteiger partial charge is 0.259 e. The van der Waals surface area contributed by atoms with Crippen molar-refractivity contribution in [2.24, 2.45) is 0 Å². The molecule has 0 radical (unpaired) electrons. The van der Waals surface area contributed by atoms with E-state index >= 15 is 0 Å². The molecule has 2 aromatic heterocycles. The normalized spacial score (nSPS) is 14.3. The molecule has 1 aliphatic carbocycles. The van der Waals surface area contributed by atoms with Gasteiger partial charge < -0.3 is 14.4 Å². The number of aryl methyl sites for hydroxylation is 1. The fourth-order valence-corrected chi connectivity index (χ4v) is 3.52. The first-order valence-electron chi connectivity index (χ1n) is 9.49. The van der Waals surface area contributed by atoms with Crippen LogP contribution in [0.4, 0.5) is 0 Å². The second-order valence-electron chi connectivity index (χ2n) is 7.23. The monoisotopic (exact) mass is 378 g/mol. The molecule has 1 N–H and O–H groups in total. The Morgan fingerprint density at radius 1 is 1.21 bits per heavy atom. The first-order valence-corrected chi connectivity index (χ1v) is 9.49. The maximum atomic E-state index is 12.3. The van der Waals surface area contributed by atoms with Gasteiger partial charge in [0, 0.05) is 23.9 Å². The van der Waals surface area contributed by atoms with E-state index in [4.69, 9.17) is 4.52 Å². The zero-order chi connectivity index (χ0) is 19.5. The maximum Gasteiger partial charge on any atom is 0.259 e. The van der Waals surface area contributed by atoms with Crippen molar-refractivity contribution >= 4 is 5.91 Å². The predicted octanol–water partition coefficient (Wildman–Crippen LogP) is 2.93. The van der Waals surface area contributed by atoms with E-state index in [0.717, 1.165) is 36.8 Å². The van der Waals surface area contributed by atoms with Crippen LogP contribution in [0.3, 0.4) is 0 Å². The summed E-state index contributed by atoms with van der Waals surface area (Å²) in [5, 5.41) is 7.03. The molecule has 1 aromatic carbocycles. The standard InChI is InChI=1S/C21H22N4O3/c1-14-5-4-6-15(11-14)20-23-21(28-24-20)16-9-10-19(27)25(12-16)13-18(26)22-17-7-2-3-8-17/h4-6,9-12,17H,2-3,7-8,13H2,1H3,(H,22,26). The van der Waals surface area contributed by atoms with Gasteiger partial charge in [0.2, 0.25) is 11.7 Å². The van der Waals surface area contributed by atoms with Crippen molar-refractivity contribution in [1.82, 2.24) is 20.0 Å². The summed E-state index contributed by atoms with van der Waals surface area (Å²) in [6, 6.07) is 11.1. The molecular formula is C21H22N4O3. The Labute approximate surface area is 162 Å². The van der Waals surface area contributed by atoms with Crippen molar-refractivity contribution in [1.29, 1.82) is 0 Å². The van der Waals surface area contributed by atoms with Crippen LogP contribution in [0.25, 0.3) is 22.8 Å². The fraction of sp³-hybridized carbons (Fsp3) is 0.333. The van der Waals surface area contributed by atoms with Gasteiger partial charge in [0.15, 0.2) is 0 Å². The molecule has 0 spiro atoms. The Bertz CT molecular complexity index is 1050. The van der Waals surface area contributed by atoms with Gasteiger partial charge in [0.1, 0.15) is 6.54 Å². The minimum absolute atomic E-state index is 0.0257. The third-order valence-corrected chi connectivity index (χ3v) is 4.97. The van der Waals surface area contributed by atoms with E-state index in [1.165, 1.54) is 10.6 Å². The number of carbonyl (C=O) groups excluding carboxylic acids is 1. The number of nitrogens with zero attached hydrogens (tertiary/aromatic N) is 3. The van der Waals surface area contributed by atoms with Crippen LogP contribution in [0.15, 0.2) is 51.9 Å². The highest BCUT2D eigenvalue weighted by Gasteiger charge is 2.18. The molecule has 0 unspecified atom stereocenters. The van der Waals surface area contributed by atoms with Crippen molar-refractivity contribution in [3.05, 3.63) is 58.5 Å². The number of pyridine rings is 1. The van der Waals surface area contributed by atoms with E-state index < -0.39 is 0 Å². The van der Waals surface area contributed by atoms with Crippen molar-refractivity contribution in [2.45, 2.75) is 45.2 Å². The SMILES string of the molecule is Cc1cccc(-c2noc(-c3ccc(=O)n(CC(=O)NC4CCCC4)c3)n2)c1. The van der Waals surface area contributed by atoms with E-state index in [0.29, 0.717) is 17.3 Å². The molecule has 0 saturated heterocycles. The zero-order valence-electron chi connectivity index (χ0n) is 15.7. The number of rotatable bonds is 5. The minimum atomic E-state index is -0.247. The molecule has 1 fully saturated rings. The van der Waals surface area contributed by atoms with Crippen molar-refractivity contribution in [3.8, 4) is 22.8 Å².